The fourth-order valence-corrected chi connectivity index (χ4v) is 2.13. The van der Waals surface area contributed by atoms with Crippen LogP contribution >= 0.6 is 0 Å². The number of ether oxygens (including phenoxy) is 1. The first-order valence-corrected chi connectivity index (χ1v) is 6.35. The number of rotatable bonds is 5. The Hall–Kier alpha value is -2.49. The van der Waals surface area contributed by atoms with Crippen molar-refractivity contribution in [2.24, 2.45) is 0 Å². The Morgan fingerprint density at radius 2 is 1.80 bits per heavy atom. The lowest BCUT2D eigenvalue weighted by Gasteiger charge is -2.19. The van der Waals surface area contributed by atoms with Gasteiger partial charge in [-0.25, -0.2) is 4.79 Å². The van der Waals surface area contributed by atoms with E-state index in [4.69, 9.17) is 4.74 Å². The lowest BCUT2D eigenvalue weighted by atomic mass is 10.1. The lowest BCUT2D eigenvalue weighted by Crippen LogP contribution is -2.11. The van der Waals surface area contributed by atoms with Crippen molar-refractivity contribution in [1.82, 2.24) is 0 Å². The number of hydrogen-bond acceptors (Lipinski definition) is 3. The van der Waals surface area contributed by atoms with Crippen molar-refractivity contribution < 1.29 is 14.6 Å². The maximum Gasteiger partial charge on any atom is 0.337 e. The number of aromatic carboxylic acids is 1. The van der Waals surface area contributed by atoms with E-state index in [-0.39, 0.29) is 11.6 Å². The predicted octanol–water partition coefficient (Wildman–Crippen LogP) is 3.57. The van der Waals surface area contributed by atoms with E-state index in [1.165, 1.54) is 0 Å². The minimum absolute atomic E-state index is 0.0633. The smallest absolute Gasteiger partial charge is 0.337 e. The average molecular weight is 271 g/mol. The summed E-state index contributed by atoms with van der Waals surface area (Å²) in [6.07, 6.45) is 0. The molecular formula is C16H17NO3. The molecular weight excluding hydrogens is 254 g/mol. The Bertz CT molecular complexity index is 610. The van der Waals surface area contributed by atoms with E-state index in [0.717, 1.165) is 11.3 Å². The summed E-state index contributed by atoms with van der Waals surface area (Å²) in [4.78, 5) is 11.2. The van der Waals surface area contributed by atoms with Crippen LogP contribution < -0.4 is 10.1 Å². The number of para-hydroxylation sites is 2. The molecule has 0 saturated carbocycles. The van der Waals surface area contributed by atoms with E-state index < -0.39 is 5.97 Å². The average Bonchev–Trinajstić information content (AvgIpc) is 2.47. The molecule has 2 rings (SSSR count). The first-order chi connectivity index (χ1) is 9.63. The third-order valence-electron chi connectivity index (χ3n) is 3.13. The highest BCUT2D eigenvalue weighted by Gasteiger charge is 2.14. The molecule has 0 radical (unpaired) electrons. The molecule has 0 fully saturated rings. The molecule has 0 amide bonds. The van der Waals surface area contributed by atoms with E-state index >= 15 is 0 Å². The van der Waals surface area contributed by atoms with E-state index in [0.29, 0.717) is 5.69 Å². The molecule has 2 N–H and O–H groups in total. The maximum atomic E-state index is 11.2. The van der Waals surface area contributed by atoms with Crippen molar-refractivity contribution >= 4 is 11.7 Å². The second-order valence-corrected chi connectivity index (χ2v) is 4.46. The summed E-state index contributed by atoms with van der Waals surface area (Å²) in [5, 5.41) is 12.4. The largest absolute Gasteiger partial charge is 0.496 e. The summed E-state index contributed by atoms with van der Waals surface area (Å²) in [7, 11) is 1.62. The van der Waals surface area contributed by atoms with Crippen molar-refractivity contribution in [2.75, 3.05) is 12.4 Å². The van der Waals surface area contributed by atoms with Crippen LogP contribution in [-0.4, -0.2) is 18.2 Å². The van der Waals surface area contributed by atoms with Crippen LogP contribution in [-0.2, 0) is 0 Å². The number of nitrogens with one attached hydrogen (secondary N) is 1. The van der Waals surface area contributed by atoms with Gasteiger partial charge in [0.1, 0.15) is 5.75 Å². The Kier molecular flexibility index (Phi) is 4.25. The normalized spacial score (nSPS) is 11.7. The van der Waals surface area contributed by atoms with E-state index in [2.05, 4.69) is 5.32 Å². The van der Waals surface area contributed by atoms with Crippen LogP contribution in [0.1, 0.15) is 28.9 Å². The summed E-state index contributed by atoms with van der Waals surface area (Å²) >= 11 is 0. The van der Waals surface area contributed by atoms with Gasteiger partial charge in [0, 0.05) is 11.3 Å². The van der Waals surface area contributed by atoms with Crippen molar-refractivity contribution in [3.05, 3.63) is 59.7 Å². The Morgan fingerprint density at radius 1 is 1.15 bits per heavy atom. The standard InChI is InChI=1S/C16H17NO3/c1-11(12-7-4-6-10-15(12)20-2)17-14-9-5-3-8-13(14)16(18)19/h3-11,17H,1-2H3,(H,18,19). The van der Waals surface area contributed by atoms with E-state index in [1.54, 1.807) is 25.3 Å². The molecule has 0 spiro atoms. The third-order valence-corrected chi connectivity index (χ3v) is 3.13. The summed E-state index contributed by atoms with van der Waals surface area (Å²) in [5.74, 6) is -0.166. The van der Waals surface area contributed by atoms with Crippen LogP contribution in [0.25, 0.3) is 0 Å². The van der Waals surface area contributed by atoms with Gasteiger partial charge in [-0.15, -0.1) is 0 Å². The van der Waals surface area contributed by atoms with Gasteiger partial charge in [0.25, 0.3) is 0 Å². The summed E-state index contributed by atoms with van der Waals surface area (Å²) in [5.41, 5.74) is 1.84. The molecule has 2 aromatic rings. The Labute approximate surface area is 118 Å². The molecule has 0 aliphatic carbocycles. The van der Waals surface area contributed by atoms with Crippen LogP contribution in [0.5, 0.6) is 5.75 Å². The minimum Gasteiger partial charge on any atom is -0.496 e. The summed E-state index contributed by atoms with van der Waals surface area (Å²) in [6.45, 7) is 1.97. The van der Waals surface area contributed by atoms with Crippen molar-refractivity contribution in [1.29, 1.82) is 0 Å². The first-order valence-electron chi connectivity index (χ1n) is 6.35. The molecule has 0 bridgehead atoms. The van der Waals surface area contributed by atoms with Crippen LogP contribution in [0.2, 0.25) is 0 Å². The Balaban J connectivity index is 2.28. The Morgan fingerprint density at radius 3 is 2.50 bits per heavy atom. The molecule has 0 aliphatic heterocycles. The second-order valence-electron chi connectivity index (χ2n) is 4.46. The zero-order valence-corrected chi connectivity index (χ0v) is 11.5. The van der Waals surface area contributed by atoms with Crippen molar-refractivity contribution in [3.63, 3.8) is 0 Å². The second kappa shape index (κ2) is 6.10. The highest BCUT2D eigenvalue weighted by molar-refractivity contribution is 5.94. The molecule has 0 aromatic heterocycles. The van der Waals surface area contributed by atoms with Crippen LogP contribution in [0.3, 0.4) is 0 Å². The first kappa shape index (κ1) is 13.9. The van der Waals surface area contributed by atoms with Gasteiger partial charge in [-0.3, -0.25) is 0 Å². The van der Waals surface area contributed by atoms with Gasteiger partial charge in [0.2, 0.25) is 0 Å². The number of methoxy groups -OCH3 is 1. The SMILES string of the molecule is COc1ccccc1C(C)Nc1ccccc1C(=O)O. The zero-order valence-electron chi connectivity index (χ0n) is 11.5. The summed E-state index contributed by atoms with van der Waals surface area (Å²) < 4.78 is 5.33. The lowest BCUT2D eigenvalue weighted by molar-refractivity contribution is 0.0698. The monoisotopic (exact) mass is 271 g/mol. The zero-order chi connectivity index (χ0) is 14.5. The minimum atomic E-state index is -0.944. The van der Waals surface area contributed by atoms with Gasteiger partial charge in [0.05, 0.1) is 18.7 Å². The molecule has 0 aliphatic rings. The van der Waals surface area contributed by atoms with Crippen LogP contribution in [0.15, 0.2) is 48.5 Å². The van der Waals surface area contributed by atoms with Crippen LogP contribution in [0.4, 0.5) is 5.69 Å². The summed E-state index contributed by atoms with van der Waals surface area (Å²) in [6, 6.07) is 14.5. The van der Waals surface area contributed by atoms with Gasteiger partial charge in [0.15, 0.2) is 0 Å². The molecule has 104 valence electrons. The van der Waals surface area contributed by atoms with Gasteiger partial charge in [-0.2, -0.15) is 0 Å². The number of anilines is 1. The molecule has 4 nitrogen and oxygen atoms in total. The number of hydrogen-bond donors (Lipinski definition) is 2. The fourth-order valence-electron chi connectivity index (χ4n) is 2.13. The van der Waals surface area contributed by atoms with Gasteiger partial charge in [-0.1, -0.05) is 30.3 Å². The molecule has 1 unspecified atom stereocenters. The molecule has 0 saturated heterocycles. The maximum absolute atomic E-state index is 11.2. The van der Waals surface area contributed by atoms with Gasteiger partial charge < -0.3 is 15.2 Å². The highest BCUT2D eigenvalue weighted by Crippen LogP contribution is 2.28. The number of benzene rings is 2. The topological polar surface area (TPSA) is 58.6 Å². The van der Waals surface area contributed by atoms with Gasteiger partial charge >= 0.3 is 5.97 Å². The van der Waals surface area contributed by atoms with Crippen LogP contribution in [0, 0.1) is 0 Å². The molecule has 4 heteroatoms. The predicted molar refractivity (Wildman–Crippen MR) is 78.4 cm³/mol. The van der Waals surface area contributed by atoms with E-state index in [9.17, 15) is 9.90 Å². The molecule has 0 heterocycles. The highest BCUT2D eigenvalue weighted by atomic mass is 16.5. The number of carboxylic acids is 1. The molecule has 2 aromatic carbocycles. The number of carbonyl (C=O) groups is 1. The fraction of sp³-hybridized carbons (Fsp3) is 0.188. The quantitative estimate of drug-likeness (QED) is 0.872. The molecule has 1 atom stereocenters. The van der Waals surface area contributed by atoms with Crippen molar-refractivity contribution in [2.45, 2.75) is 13.0 Å². The van der Waals surface area contributed by atoms with E-state index in [1.807, 2.05) is 37.3 Å². The van der Waals surface area contributed by atoms with Crippen molar-refractivity contribution in [3.8, 4) is 5.75 Å². The number of carboxylic acid groups (broad SMARTS) is 1. The van der Waals surface area contributed by atoms with Gasteiger partial charge in [-0.05, 0) is 25.1 Å². The molecule has 20 heavy (non-hydrogen) atoms. The third kappa shape index (κ3) is 2.91.